The van der Waals surface area contributed by atoms with E-state index in [1.165, 1.54) is 19.3 Å². The topological polar surface area (TPSA) is 115 Å². The standard InChI is InChI=1S/C10H10N4O4/c1-10(14(18)9(16)17)7(12-13-8(10)15)6-3-2-4-11-5-6/h2-5,18H,1H3,(H,13,15)(H,16,17). The van der Waals surface area contributed by atoms with Gasteiger partial charge in [0.05, 0.1) is 0 Å². The largest absolute Gasteiger partial charge is 0.463 e. The Morgan fingerprint density at radius 1 is 1.56 bits per heavy atom. The van der Waals surface area contributed by atoms with Gasteiger partial charge in [0.2, 0.25) is 0 Å². The molecule has 8 nitrogen and oxygen atoms in total. The van der Waals surface area contributed by atoms with Gasteiger partial charge in [0.25, 0.3) is 5.91 Å². The van der Waals surface area contributed by atoms with E-state index in [9.17, 15) is 14.8 Å². The highest BCUT2D eigenvalue weighted by Gasteiger charge is 2.51. The molecule has 2 rings (SSSR count). The zero-order valence-corrected chi connectivity index (χ0v) is 9.36. The van der Waals surface area contributed by atoms with E-state index in [0.717, 1.165) is 0 Å². The summed E-state index contributed by atoms with van der Waals surface area (Å²) in [6.45, 7) is 1.26. The van der Waals surface area contributed by atoms with Gasteiger partial charge < -0.3 is 5.11 Å². The van der Waals surface area contributed by atoms with Crippen LogP contribution in [0.5, 0.6) is 0 Å². The first-order valence-electron chi connectivity index (χ1n) is 4.99. The van der Waals surface area contributed by atoms with E-state index in [2.05, 4.69) is 15.5 Å². The third-order valence-corrected chi connectivity index (χ3v) is 2.71. The molecular weight excluding hydrogens is 240 g/mol. The number of rotatable bonds is 2. The van der Waals surface area contributed by atoms with Crippen molar-refractivity contribution in [3.05, 3.63) is 30.1 Å². The summed E-state index contributed by atoms with van der Waals surface area (Å²) >= 11 is 0. The third kappa shape index (κ3) is 1.59. The minimum Gasteiger partial charge on any atom is -0.463 e. The Labute approximate surface area is 102 Å². The maximum absolute atomic E-state index is 11.7. The first kappa shape index (κ1) is 12.0. The Morgan fingerprint density at radius 3 is 2.83 bits per heavy atom. The minimum atomic E-state index is -1.80. The van der Waals surface area contributed by atoms with Crippen molar-refractivity contribution in [2.75, 3.05) is 0 Å². The van der Waals surface area contributed by atoms with Crippen LogP contribution in [0.25, 0.3) is 0 Å². The van der Waals surface area contributed by atoms with Crippen LogP contribution in [0.1, 0.15) is 12.5 Å². The van der Waals surface area contributed by atoms with E-state index in [-0.39, 0.29) is 10.8 Å². The molecule has 2 amide bonds. The number of nitrogens with one attached hydrogen (secondary N) is 1. The zero-order chi connectivity index (χ0) is 13.3. The van der Waals surface area contributed by atoms with Crippen molar-refractivity contribution in [2.24, 2.45) is 5.10 Å². The molecule has 1 unspecified atom stereocenters. The van der Waals surface area contributed by atoms with Gasteiger partial charge in [-0.1, -0.05) is 0 Å². The molecule has 1 atom stereocenters. The fraction of sp³-hybridized carbons (Fsp3) is 0.200. The monoisotopic (exact) mass is 250 g/mol. The molecule has 1 aromatic heterocycles. The molecule has 2 heterocycles. The molecule has 94 valence electrons. The normalized spacial score (nSPS) is 22.3. The van der Waals surface area contributed by atoms with Gasteiger partial charge in [-0.15, -0.1) is 0 Å². The van der Waals surface area contributed by atoms with E-state index < -0.39 is 17.5 Å². The molecule has 18 heavy (non-hydrogen) atoms. The molecule has 0 bridgehead atoms. The van der Waals surface area contributed by atoms with Gasteiger partial charge in [-0.2, -0.15) is 10.2 Å². The fourth-order valence-electron chi connectivity index (χ4n) is 1.67. The number of amides is 2. The highest BCUT2D eigenvalue weighted by Crippen LogP contribution is 2.24. The van der Waals surface area contributed by atoms with Gasteiger partial charge in [-0.05, 0) is 19.1 Å². The first-order valence-corrected chi connectivity index (χ1v) is 4.99. The van der Waals surface area contributed by atoms with Crippen LogP contribution in [0, 0.1) is 0 Å². The van der Waals surface area contributed by atoms with Crippen LogP contribution >= 0.6 is 0 Å². The summed E-state index contributed by atoms with van der Waals surface area (Å²) in [4.78, 5) is 26.4. The van der Waals surface area contributed by atoms with E-state index >= 15 is 0 Å². The van der Waals surface area contributed by atoms with E-state index in [1.54, 1.807) is 12.1 Å². The summed E-state index contributed by atoms with van der Waals surface area (Å²) < 4.78 is 0. The lowest BCUT2D eigenvalue weighted by Gasteiger charge is -2.28. The SMILES string of the molecule is CC1(N(O)C(=O)O)C(=O)NN=C1c1cccnc1. The van der Waals surface area contributed by atoms with E-state index in [0.29, 0.717) is 5.56 Å². The second-order valence-electron chi connectivity index (χ2n) is 3.81. The molecule has 1 aliphatic heterocycles. The Morgan fingerprint density at radius 2 is 2.28 bits per heavy atom. The molecule has 1 aromatic rings. The number of hydrogen-bond acceptors (Lipinski definition) is 5. The molecule has 0 saturated heterocycles. The predicted octanol–water partition coefficient (Wildman–Crippen LogP) is 0.0434. The number of hydroxylamine groups is 2. The Hall–Kier alpha value is -2.48. The Kier molecular flexibility index (Phi) is 2.71. The summed E-state index contributed by atoms with van der Waals surface area (Å²) in [5.74, 6) is -0.730. The highest BCUT2D eigenvalue weighted by atomic mass is 16.6. The molecule has 1 aliphatic rings. The highest BCUT2D eigenvalue weighted by molar-refractivity contribution is 6.23. The average molecular weight is 250 g/mol. The van der Waals surface area contributed by atoms with Gasteiger partial charge in [-0.3, -0.25) is 15.0 Å². The number of carbonyl (C=O) groups is 2. The quantitative estimate of drug-likeness (QED) is 0.506. The van der Waals surface area contributed by atoms with Crippen molar-refractivity contribution in [1.82, 2.24) is 15.5 Å². The van der Waals surface area contributed by atoms with Gasteiger partial charge in [0.15, 0.2) is 5.54 Å². The lowest BCUT2D eigenvalue weighted by molar-refractivity contribution is -0.148. The van der Waals surface area contributed by atoms with Crippen molar-refractivity contribution in [3.8, 4) is 0 Å². The van der Waals surface area contributed by atoms with Crippen LogP contribution in [0.2, 0.25) is 0 Å². The van der Waals surface area contributed by atoms with Crippen LogP contribution in [0.3, 0.4) is 0 Å². The van der Waals surface area contributed by atoms with Crippen LogP contribution in [-0.4, -0.2) is 43.6 Å². The number of hydrazone groups is 1. The average Bonchev–Trinajstić information content (AvgIpc) is 2.67. The Balaban J connectivity index is 2.48. The third-order valence-electron chi connectivity index (χ3n) is 2.71. The number of hydrogen-bond donors (Lipinski definition) is 3. The molecule has 0 aromatic carbocycles. The number of carbonyl (C=O) groups excluding carboxylic acids is 1. The van der Waals surface area contributed by atoms with E-state index in [1.807, 2.05) is 0 Å². The van der Waals surface area contributed by atoms with Crippen molar-refractivity contribution in [1.29, 1.82) is 0 Å². The van der Waals surface area contributed by atoms with Crippen LogP contribution in [-0.2, 0) is 4.79 Å². The zero-order valence-electron chi connectivity index (χ0n) is 9.36. The second-order valence-corrected chi connectivity index (χ2v) is 3.81. The Bertz CT molecular complexity index is 530. The number of nitrogens with zero attached hydrogens (tertiary/aromatic N) is 3. The fourth-order valence-corrected chi connectivity index (χ4v) is 1.67. The van der Waals surface area contributed by atoms with Crippen molar-refractivity contribution in [3.63, 3.8) is 0 Å². The van der Waals surface area contributed by atoms with Gasteiger partial charge >= 0.3 is 6.09 Å². The molecule has 0 fully saturated rings. The lowest BCUT2D eigenvalue weighted by atomic mass is 9.91. The number of carboxylic acid groups (broad SMARTS) is 1. The molecule has 0 radical (unpaired) electrons. The summed E-state index contributed by atoms with van der Waals surface area (Å²) in [6, 6.07) is 3.23. The molecule has 0 spiro atoms. The van der Waals surface area contributed by atoms with Gasteiger partial charge in [0, 0.05) is 18.0 Å². The summed E-state index contributed by atoms with van der Waals surface area (Å²) in [5.41, 5.74) is 0.886. The molecule has 3 N–H and O–H groups in total. The smallest absolute Gasteiger partial charge is 0.432 e. The summed E-state index contributed by atoms with van der Waals surface area (Å²) in [6.07, 6.45) is 1.30. The van der Waals surface area contributed by atoms with Crippen molar-refractivity contribution in [2.45, 2.75) is 12.5 Å². The number of pyridine rings is 1. The maximum Gasteiger partial charge on any atom is 0.432 e. The molecular formula is C10H10N4O4. The maximum atomic E-state index is 11.7. The van der Waals surface area contributed by atoms with Crippen molar-refractivity contribution < 1.29 is 19.9 Å². The molecule has 8 heteroatoms. The van der Waals surface area contributed by atoms with Crippen LogP contribution < -0.4 is 5.43 Å². The van der Waals surface area contributed by atoms with E-state index in [4.69, 9.17) is 5.11 Å². The minimum absolute atomic E-state index is 0.0683. The molecule has 0 saturated carbocycles. The van der Waals surface area contributed by atoms with Crippen LogP contribution in [0.15, 0.2) is 29.6 Å². The summed E-state index contributed by atoms with van der Waals surface area (Å²) in [7, 11) is 0. The summed E-state index contributed by atoms with van der Waals surface area (Å²) in [5, 5.41) is 22.1. The lowest BCUT2D eigenvalue weighted by Crippen LogP contribution is -2.57. The number of aromatic nitrogens is 1. The molecule has 0 aliphatic carbocycles. The van der Waals surface area contributed by atoms with Gasteiger partial charge in [-0.25, -0.2) is 10.2 Å². The van der Waals surface area contributed by atoms with Crippen LogP contribution in [0.4, 0.5) is 4.79 Å². The first-order chi connectivity index (χ1) is 8.48. The second kappa shape index (κ2) is 4.08. The van der Waals surface area contributed by atoms with Gasteiger partial charge in [0.1, 0.15) is 5.71 Å². The predicted molar refractivity (Wildman–Crippen MR) is 59.0 cm³/mol. The van der Waals surface area contributed by atoms with Crippen molar-refractivity contribution >= 4 is 17.7 Å².